The largest absolute Gasteiger partial charge is 0.451 e. The Morgan fingerprint density at radius 2 is 1.81 bits per heavy atom. The summed E-state index contributed by atoms with van der Waals surface area (Å²) in [5.41, 5.74) is 1.40. The van der Waals surface area contributed by atoms with E-state index in [0.29, 0.717) is 11.0 Å². The lowest BCUT2D eigenvalue weighted by atomic mass is 10.1. The molecular weight excluding hydrogens is 372 g/mol. The Balaban J connectivity index is 2.78. The maximum Gasteiger partial charge on any atom is 0.308 e. The minimum Gasteiger partial charge on any atom is -0.451 e. The summed E-state index contributed by atoms with van der Waals surface area (Å²) in [7, 11) is -3.04. The van der Waals surface area contributed by atoms with Gasteiger partial charge in [-0.3, -0.25) is 9.78 Å². The average Bonchev–Trinajstić information content (AvgIpc) is 2.98. The number of imidazole rings is 1. The average molecular weight is 397 g/mol. The Kier molecular flexibility index (Phi) is 5.69. The first-order valence-electron chi connectivity index (χ1n) is 8.04. The molecular formula is C16H24N4O4SSi. The number of aromatic nitrogens is 3. The van der Waals surface area contributed by atoms with E-state index in [0.717, 1.165) is 4.31 Å². The lowest BCUT2D eigenvalue weighted by Gasteiger charge is -2.25. The number of carbonyl (C=O) groups excluding carboxylic acids is 1. The number of rotatable bonds is 6. The fourth-order valence-electron chi connectivity index (χ4n) is 2.44. The molecule has 0 saturated carbocycles. The van der Waals surface area contributed by atoms with E-state index >= 15 is 0 Å². The highest BCUT2D eigenvalue weighted by molar-refractivity contribution is 7.87. The van der Waals surface area contributed by atoms with E-state index in [1.807, 2.05) is 19.6 Å². The summed E-state index contributed by atoms with van der Waals surface area (Å²) in [4.78, 5) is 20.0. The molecule has 10 heteroatoms. The van der Waals surface area contributed by atoms with Crippen LogP contribution < -0.4 is 5.45 Å². The molecule has 0 aromatic carbocycles. The first-order chi connectivity index (χ1) is 12.0. The summed E-state index contributed by atoms with van der Waals surface area (Å²) < 4.78 is 33.9. The Labute approximate surface area is 155 Å². The smallest absolute Gasteiger partial charge is 0.308 e. The highest BCUT2D eigenvalue weighted by atomic mass is 32.2. The lowest BCUT2D eigenvalue weighted by molar-refractivity contribution is -0.145. The van der Waals surface area contributed by atoms with E-state index in [4.69, 9.17) is 4.74 Å². The number of esters is 1. The van der Waals surface area contributed by atoms with Gasteiger partial charge in [-0.15, -0.1) is 0 Å². The number of nitrogens with zero attached hydrogens (tertiary/aromatic N) is 4. The van der Waals surface area contributed by atoms with Crippen molar-refractivity contribution in [3.63, 3.8) is 0 Å². The van der Waals surface area contributed by atoms with E-state index in [-0.39, 0.29) is 5.69 Å². The minimum absolute atomic E-state index is 0.289. The van der Waals surface area contributed by atoms with Crippen LogP contribution in [0.15, 0.2) is 30.7 Å². The van der Waals surface area contributed by atoms with Crippen molar-refractivity contribution >= 4 is 29.7 Å². The highest BCUT2D eigenvalue weighted by Crippen LogP contribution is 2.27. The molecule has 8 nitrogen and oxygen atoms in total. The Bertz CT molecular complexity index is 889. The van der Waals surface area contributed by atoms with E-state index in [1.54, 1.807) is 24.5 Å². The zero-order valence-corrected chi connectivity index (χ0v) is 17.6. The van der Waals surface area contributed by atoms with Gasteiger partial charge >= 0.3 is 16.2 Å². The molecule has 0 aliphatic rings. The third-order valence-corrected chi connectivity index (χ3v) is 7.29. The van der Waals surface area contributed by atoms with E-state index in [9.17, 15) is 13.2 Å². The number of pyridine rings is 1. The predicted octanol–water partition coefficient (Wildman–Crippen LogP) is 1.13. The van der Waals surface area contributed by atoms with Gasteiger partial charge in [0, 0.05) is 39.0 Å². The third-order valence-electron chi connectivity index (χ3n) is 3.67. The van der Waals surface area contributed by atoms with Gasteiger partial charge in [0.1, 0.15) is 19.2 Å². The molecule has 26 heavy (non-hydrogen) atoms. The van der Waals surface area contributed by atoms with Crippen LogP contribution in [0.5, 0.6) is 0 Å². The Hall–Kier alpha value is -2.04. The van der Waals surface area contributed by atoms with Crippen LogP contribution >= 0.6 is 0 Å². The van der Waals surface area contributed by atoms with Crippen LogP contribution in [0.1, 0.15) is 24.3 Å². The van der Waals surface area contributed by atoms with Crippen LogP contribution in [0.25, 0.3) is 0 Å². The Morgan fingerprint density at radius 3 is 2.27 bits per heavy atom. The number of carbonyl (C=O) groups is 1. The molecule has 0 N–H and O–H groups in total. The van der Waals surface area contributed by atoms with Crippen molar-refractivity contribution in [3.05, 3.63) is 42.0 Å². The molecule has 2 heterocycles. The third kappa shape index (κ3) is 4.02. The maximum atomic E-state index is 13.0. The van der Waals surface area contributed by atoms with Gasteiger partial charge in [-0.05, 0) is 12.1 Å². The normalized spacial score (nSPS) is 13.7. The molecule has 0 bridgehead atoms. The molecule has 142 valence electrons. The van der Waals surface area contributed by atoms with Gasteiger partial charge in [0.25, 0.3) is 0 Å². The van der Waals surface area contributed by atoms with Gasteiger partial charge in [0.15, 0.2) is 6.10 Å². The number of hydrogen-bond acceptors (Lipinski definition) is 6. The van der Waals surface area contributed by atoms with Crippen molar-refractivity contribution in [1.82, 2.24) is 18.2 Å². The summed E-state index contributed by atoms with van der Waals surface area (Å²) in [6, 6.07) is 3.36. The second-order valence-electron chi connectivity index (χ2n) is 7.08. The van der Waals surface area contributed by atoms with Gasteiger partial charge in [-0.2, -0.15) is 12.7 Å². The van der Waals surface area contributed by atoms with E-state index < -0.39 is 30.4 Å². The SMILES string of the molecule is CC(=O)OC(c1ccncc1)c1cnc([Si](C)(C)C)n1S(=O)(=O)N(C)C. The zero-order valence-electron chi connectivity index (χ0n) is 15.8. The zero-order chi connectivity index (χ0) is 19.7. The van der Waals surface area contributed by atoms with Crippen LogP contribution in [-0.4, -0.2) is 54.8 Å². The second kappa shape index (κ2) is 7.29. The van der Waals surface area contributed by atoms with Crippen LogP contribution in [0.2, 0.25) is 19.6 Å². The van der Waals surface area contributed by atoms with Crippen molar-refractivity contribution < 1.29 is 17.9 Å². The number of ether oxygens (including phenoxy) is 1. The van der Waals surface area contributed by atoms with Crippen molar-refractivity contribution in [1.29, 1.82) is 0 Å². The van der Waals surface area contributed by atoms with Crippen LogP contribution in [0.3, 0.4) is 0 Å². The molecule has 0 saturated heterocycles. The Morgan fingerprint density at radius 1 is 1.23 bits per heavy atom. The van der Waals surface area contributed by atoms with Crippen LogP contribution in [0.4, 0.5) is 0 Å². The molecule has 2 rings (SSSR count). The van der Waals surface area contributed by atoms with Crippen molar-refractivity contribution in [3.8, 4) is 0 Å². The first kappa shape index (κ1) is 20.3. The molecule has 0 radical (unpaired) electrons. The summed E-state index contributed by atoms with van der Waals surface area (Å²) in [6.07, 6.45) is 3.70. The van der Waals surface area contributed by atoms with Crippen molar-refractivity contribution in [2.24, 2.45) is 0 Å². The minimum atomic E-state index is -3.85. The van der Waals surface area contributed by atoms with Gasteiger partial charge in [-0.1, -0.05) is 19.6 Å². The maximum absolute atomic E-state index is 13.0. The fraction of sp³-hybridized carbons (Fsp3) is 0.438. The second-order valence-corrected chi connectivity index (χ2v) is 14.0. The van der Waals surface area contributed by atoms with Gasteiger partial charge in [-0.25, -0.2) is 8.96 Å². The quantitative estimate of drug-likeness (QED) is 0.537. The molecule has 1 atom stereocenters. The molecule has 0 spiro atoms. The highest BCUT2D eigenvalue weighted by Gasteiger charge is 2.35. The van der Waals surface area contributed by atoms with E-state index in [1.165, 1.54) is 31.2 Å². The standard InChI is InChI=1S/C16H24N4O4SSi/c1-12(21)24-15(13-7-9-17-10-8-13)14-11-18-16(26(4,5)6)20(14)25(22,23)19(2)3/h7-11,15H,1-6H3. The van der Waals surface area contributed by atoms with Gasteiger partial charge < -0.3 is 4.74 Å². The summed E-state index contributed by atoms with van der Waals surface area (Å²) in [6.45, 7) is 7.31. The van der Waals surface area contributed by atoms with Crippen LogP contribution in [-0.2, 0) is 19.7 Å². The molecule has 0 fully saturated rings. The molecule has 1 unspecified atom stereocenters. The molecule has 0 aliphatic heterocycles. The monoisotopic (exact) mass is 396 g/mol. The molecule has 0 aliphatic carbocycles. The van der Waals surface area contributed by atoms with Crippen molar-refractivity contribution in [2.45, 2.75) is 32.7 Å². The summed E-state index contributed by atoms with van der Waals surface area (Å²) >= 11 is 0. The van der Waals surface area contributed by atoms with E-state index in [2.05, 4.69) is 9.97 Å². The topological polar surface area (TPSA) is 94.4 Å². The summed E-state index contributed by atoms with van der Waals surface area (Å²) in [5, 5.41) is 0. The molecule has 2 aromatic heterocycles. The molecule has 0 amide bonds. The van der Waals surface area contributed by atoms with Gasteiger partial charge in [0.2, 0.25) is 0 Å². The fourth-order valence-corrected chi connectivity index (χ4v) is 5.80. The molecule has 2 aromatic rings. The van der Waals surface area contributed by atoms with Gasteiger partial charge in [0.05, 0.1) is 6.20 Å². The summed E-state index contributed by atoms with van der Waals surface area (Å²) in [5.74, 6) is -0.517. The van der Waals surface area contributed by atoms with Crippen LogP contribution in [0, 0.1) is 0 Å². The first-order valence-corrected chi connectivity index (χ1v) is 12.9. The number of hydrogen-bond donors (Lipinski definition) is 0. The predicted molar refractivity (Wildman–Crippen MR) is 101 cm³/mol. The lowest BCUT2D eigenvalue weighted by Crippen LogP contribution is -2.49. The van der Waals surface area contributed by atoms with Crippen molar-refractivity contribution in [2.75, 3.05) is 14.1 Å².